The third kappa shape index (κ3) is 3.57. The van der Waals surface area contributed by atoms with Crippen molar-refractivity contribution in [2.45, 2.75) is 0 Å². The van der Waals surface area contributed by atoms with E-state index < -0.39 is 11.9 Å². The van der Waals surface area contributed by atoms with Gasteiger partial charge >= 0.3 is 11.9 Å². The van der Waals surface area contributed by atoms with Gasteiger partial charge in [0.1, 0.15) is 22.6 Å². The van der Waals surface area contributed by atoms with Gasteiger partial charge in [-0.2, -0.15) is 0 Å². The molecule has 0 fully saturated rings. The summed E-state index contributed by atoms with van der Waals surface area (Å²) in [7, 11) is 0. The summed E-state index contributed by atoms with van der Waals surface area (Å²) >= 11 is 0. The standard InChI is InChI=1S/2C11H8O3/c12-9-6-5-7-3-1-2-4-8(7)10(9)11(13)14;12-10-8-4-2-1-3-7(8)5-6-9(10)11(13)14/h2*1-6,12H,(H,13,14). The largest absolute Gasteiger partial charge is 0.507 e. The fraction of sp³-hybridized carbons (Fsp3) is 0. The summed E-state index contributed by atoms with van der Waals surface area (Å²) in [4.78, 5) is 21.6. The first kappa shape index (κ1) is 18.7. The minimum atomic E-state index is -1.12. The van der Waals surface area contributed by atoms with Crippen molar-refractivity contribution in [1.82, 2.24) is 0 Å². The molecular weight excluding hydrogens is 360 g/mol. The van der Waals surface area contributed by atoms with Crippen LogP contribution in [0.1, 0.15) is 20.7 Å². The van der Waals surface area contributed by atoms with E-state index in [2.05, 4.69) is 0 Å². The van der Waals surface area contributed by atoms with Crippen LogP contribution in [0.3, 0.4) is 0 Å². The minimum Gasteiger partial charge on any atom is -0.507 e. The lowest BCUT2D eigenvalue weighted by Gasteiger charge is -2.03. The van der Waals surface area contributed by atoms with Gasteiger partial charge in [-0.25, -0.2) is 9.59 Å². The number of fused-ring (bicyclic) bond motifs is 2. The van der Waals surface area contributed by atoms with E-state index in [1.165, 1.54) is 12.1 Å². The molecule has 0 saturated carbocycles. The van der Waals surface area contributed by atoms with Crippen molar-refractivity contribution >= 4 is 33.5 Å². The Labute approximate surface area is 159 Å². The third-order valence-electron chi connectivity index (χ3n) is 4.25. The zero-order valence-corrected chi connectivity index (χ0v) is 14.5. The SMILES string of the molecule is O=C(O)c1c(O)ccc2ccccc12.O=C(O)c1ccc2ccccc2c1O. The van der Waals surface area contributed by atoms with Gasteiger partial charge in [-0.1, -0.05) is 60.7 Å². The number of benzene rings is 4. The van der Waals surface area contributed by atoms with E-state index in [0.29, 0.717) is 10.8 Å². The quantitative estimate of drug-likeness (QED) is 0.410. The number of phenols is 2. The van der Waals surface area contributed by atoms with Crippen LogP contribution in [0.15, 0.2) is 72.8 Å². The smallest absolute Gasteiger partial charge is 0.340 e. The van der Waals surface area contributed by atoms with Gasteiger partial charge in [-0.3, -0.25) is 0 Å². The van der Waals surface area contributed by atoms with Crippen LogP contribution in [-0.2, 0) is 0 Å². The van der Waals surface area contributed by atoms with Gasteiger partial charge in [0.2, 0.25) is 0 Å². The lowest BCUT2D eigenvalue weighted by molar-refractivity contribution is 0.0683. The van der Waals surface area contributed by atoms with Crippen molar-refractivity contribution in [1.29, 1.82) is 0 Å². The van der Waals surface area contributed by atoms with Gasteiger partial charge in [0.05, 0.1) is 0 Å². The molecule has 0 saturated heterocycles. The Morgan fingerprint density at radius 1 is 0.607 bits per heavy atom. The summed E-state index contributed by atoms with van der Waals surface area (Å²) in [5.41, 5.74) is -0.105. The average molecular weight is 376 g/mol. The van der Waals surface area contributed by atoms with Crippen molar-refractivity contribution in [2.24, 2.45) is 0 Å². The van der Waals surface area contributed by atoms with Crippen LogP contribution >= 0.6 is 0 Å². The van der Waals surface area contributed by atoms with Crippen molar-refractivity contribution < 1.29 is 30.0 Å². The highest BCUT2D eigenvalue weighted by Gasteiger charge is 2.13. The van der Waals surface area contributed by atoms with Crippen molar-refractivity contribution in [3.8, 4) is 11.5 Å². The lowest BCUT2D eigenvalue weighted by atomic mass is 10.0. The molecule has 4 N–H and O–H groups in total. The van der Waals surface area contributed by atoms with Crippen LogP contribution in [0.5, 0.6) is 11.5 Å². The molecule has 0 atom stereocenters. The molecule has 0 unspecified atom stereocenters. The number of rotatable bonds is 2. The predicted molar refractivity (Wildman–Crippen MR) is 105 cm³/mol. The maximum atomic E-state index is 10.9. The van der Waals surface area contributed by atoms with Crippen LogP contribution in [0.4, 0.5) is 0 Å². The number of aromatic carboxylic acids is 2. The number of carboxylic acid groups (broad SMARTS) is 2. The van der Waals surface area contributed by atoms with Gasteiger partial charge in [0.25, 0.3) is 0 Å². The Kier molecular flexibility index (Phi) is 5.13. The molecule has 0 radical (unpaired) electrons. The van der Waals surface area contributed by atoms with E-state index in [-0.39, 0.29) is 22.6 Å². The number of aromatic hydroxyl groups is 2. The summed E-state index contributed by atoms with van der Waals surface area (Å²) in [6.07, 6.45) is 0. The second-order valence-corrected chi connectivity index (χ2v) is 5.97. The average Bonchev–Trinajstić information content (AvgIpc) is 2.68. The molecule has 0 heterocycles. The highest BCUT2D eigenvalue weighted by atomic mass is 16.4. The Morgan fingerprint density at radius 3 is 1.75 bits per heavy atom. The molecule has 0 aromatic heterocycles. The van der Waals surface area contributed by atoms with Crippen molar-refractivity contribution in [2.75, 3.05) is 0 Å². The maximum absolute atomic E-state index is 10.9. The second kappa shape index (κ2) is 7.67. The highest BCUT2D eigenvalue weighted by Crippen LogP contribution is 2.28. The molecule has 6 nitrogen and oxygen atoms in total. The summed E-state index contributed by atoms with van der Waals surface area (Å²) in [6, 6.07) is 20.3. The summed E-state index contributed by atoms with van der Waals surface area (Å²) < 4.78 is 0. The lowest BCUT2D eigenvalue weighted by Crippen LogP contribution is -1.97. The maximum Gasteiger partial charge on any atom is 0.340 e. The Hall–Kier alpha value is -4.06. The normalized spacial score (nSPS) is 10.3. The summed E-state index contributed by atoms with van der Waals surface area (Å²) in [5, 5.41) is 39.5. The number of carboxylic acids is 2. The number of carbonyl (C=O) groups is 2. The molecule has 0 aliphatic carbocycles. The summed E-state index contributed by atoms with van der Waals surface area (Å²) in [6.45, 7) is 0. The van der Waals surface area contributed by atoms with Gasteiger partial charge in [-0.05, 0) is 28.3 Å². The van der Waals surface area contributed by atoms with Crippen LogP contribution in [-0.4, -0.2) is 32.4 Å². The fourth-order valence-electron chi connectivity index (χ4n) is 2.91. The minimum absolute atomic E-state index is 0.0388. The molecule has 140 valence electrons. The van der Waals surface area contributed by atoms with Crippen LogP contribution in [0.25, 0.3) is 21.5 Å². The Morgan fingerprint density at radius 2 is 1.14 bits per heavy atom. The highest BCUT2D eigenvalue weighted by molar-refractivity contribution is 6.06. The first-order valence-corrected chi connectivity index (χ1v) is 8.28. The van der Waals surface area contributed by atoms with Gasteiger partial charge in [0, 0.05) is 5.39 Å². The van der Waals surface area contributed by atoms with Gasteiger partial charge in [-0.15, -0.1) is 0 Å². The first-order chi connectivity index (χ1) is 13.4. The van der Waals surface area contributed by atoms with Crippen LogP contribution in [0, 0.1) is 0 Å². The van der Waals surface area contributed by atoms with E-state index in [0.717, 1.165) is 10.8 Å². The number of hydrogen-bond donors (Lipinski definition) is 4. The zero-order chi connectivity index (χ0) is 20.3. The second-order valence-electron chi connectivity index (χ2n) is 5.97. The molecule has 4 aromatic rings. The molecule has 0 spiro atoms. The third-order valence-corrected chi connectivity index (χ3v) is 4.25. The summed E-state index contributed by atoms with van der Waals surface area (Å²) in [5.74, 6) is -2.60. The van der Waals surface area contributed by atoms with Crippen molar-refractivity contribution in [3.63, 3.8) is 0 Å². The Bertz CT molecular complexity index is 1200. The molecule has 0 aliphatic rings. The molecule has 0 amide bonds. The van der Waals surface area contributed by atoms with E-state index >= 15 is 0 Å². The molecule has 0 aliphatic heterocycles. The van der Waals surface area contributed by atoms with E-state index in [1.807, 2.05) is 18.2 Å². The van der Waals surface area contributed by atoms with Crippen molar-refractivity contribution in [3.05, 3.63) is 83.9 Å². The fourth-order valence-corrected chi connectivity index (χ4v) is 2.91. The van der Waals surface area contributed by atoms with E-state index in [4.69, 9.17) is 10.2 Å². The zero-order valence-electron chi connectivity index (χ0n) is 14.5. The molecule has 4 aromatic carbocycles. The predicted octanol–water partition coefficient (Wildman–Crippen LogP) is 4.49. The van der Waals surface area contributed by atoms with Gasteiger partial charge < -0.3 is 20.4 Å². The monoisotopic (exact) mass is 376 g/mol. The molecule has 6 heteroatoms. The topological polar surface area (TPSA) is 115 Å². The van der Waals surface area contributed by atoms with E-state index in [1.54, 1.807) is 42.5 Å². The Balaban J connectivity index is 0.000000161. The van der Waals surface area contributed by atoms with Gasteiger partial charge in [0.15, 0.2) is 0 Å². The van der Waals surface area contributed by atoms with Crippen LogP contribution < -0.4 is 0 Å². The molecule has 28 heavy (non-hydrogen) atoms. The van der Waals surface area contributed by atoms with Crippen LogP contribution in [0.2, 0.25) is 0 Å². The molecule has 4 rings (SSSR count). The number of hydrogen-bond acceptors (Lipinski definition) is 4. The molecule has 0 bridgehead atoms. The molecular formula is C22H16O6. The van der Waals surface area contributed by atoms with E-state index in [9.17, 15) is 19.8 Å². The first-order valence-electron chi connectivity index (χ1n) is 8.28.